The van der Waals surface area contributed by atoms with Gasteiger partial charge in [-0.25, -0.2) is 8.78 Å². The number of carboxylic acid groups (broad SMARTS) is 1. The highest BCUT2D eigenvalue weighted by molar-refractivity contribution is 5.88. The van der Waals surface area contributed by atoms with Crippen molar-refractivity contribution in [2.24, 2.45) is 11.3 Å². The number of fused-ring (bicyclic) bond motifs is 1. The molecule has 34 heavy (non-hydrogen) atoms. The van der Waals surface area contributed by atoms with Crippen molar-refractivity contribution in [3.05, 3.63) is 64.9 Å². The molecule has 178 valence electrons. The molecule has 1 aliphatic heterocycles. The lowest BCUT2D eigenvalue weighted by molar-refractivity contribution is -0.155. The van der Waals surface area contributed by atoms with Crippen LogP contribution in [0.25, 0.3) is 16.6 Å². The molecule has 0 unspecified atom stereocenters. The third-order valence-corrected chi connectivity index (χ3v) is 8.49. The van der Waals surface area contributed by atoms with Crippen LogP contribution in [0.4, 0.5) is 8.78 Å². The molecule has 0 radical (unpaired) electrons. The first-order chi connectivity index (χ1) is 16.3. The van der Waals surface area contributed by atoms with Gasteiger partial charge >= 0.3 is 5.97 Å². The number of aromatic nitrogens is 1. The maximum atomic E-state index is 14.5. The normalized spacial score (nSPS) is 27.0. The van der Waals surface area contributed by atoms with Gasteiger partial charge in [0, 0.05) is 35.9 Å². The average molecular weight is 466 g/mol. The summed E-state index contributed by atoms with van der Waals surface area (Å²) in [6, 6.07) is 10.2. The van der Waals surface area contributed by atoms with Crippen LogP contribution in [0.2, 0.25) is 0 Å². The minimum atomic E-state index is -0.692. The number of rotatable bonds is 4. The fraction of sp³-hybridized carbons (Fsp3) is 0.464. The van der Waals surface area contributed by atoms with Crippen molar-refractivity contribution < 1.29 is 23.4 Å². The van der Waals surface area contributed by atoms with Crippen LogP contribution in [0.3, 0.4) is 0 Å². The SMILES string of the molecule is Cc1cc(-n2c(C3CCOCC3)c(C3CC4(CC(C(=O)O)C4)C3)c3cc(F)ccc32)ccc1F. The van der Waals surface area contributed by atoms with E-state index in [-0.39, 0.29) is 34.8 Å². The van der Waals surface area contributed by atoms with Gasteiger partial charge in [0.1, 0.15) is 11.6 Å². The lowest BCUT2D eigenvalue weighted by atomic mass is 9.47. The van der Waals surface area contributed by atoms with Crippen LogP contribution in [-0.2, 0) is 9.53 Å². The molecule has 0 atom stereocenters. The van der Waals surface area contributed by atoms with Crippen molar-refractivity contribution in [3.63, 3.8) is 0 Å². The van der Waals surface area contributed by atoms with E-state index in [1.807, 2.05) is 18.2 Å². The summed E-state index contributed by atoms with van der Waals surface area (Å²) in [5, 5.41) is 10.3. The van der Waals surface area contributed by atoms with E-state index in [0.717, 1.165) is 55.1 Å². The van der Waals surface area contributed by atoms with Crippen LogP contribution in [-0.4, -0.2) is 28.9 Å². The van der Waals surface area contributed by atoms with Crippen molar-refractivity contribution in [2.45, 2.75) is 57.3 Å². The topological polar surface area (TPSA) is 51.5 Å². The first-order valence-electron chi connectivity index (χ1n) is 12.3. The molecule has 3 aromatic rings. The van der Waals surface area contributed by atoms with Crippen LogP contribution in [0.15, 0.2) is 36.4 Å². The molecule has 4 nitrogen and oxygen atoms in total. The van der Waals surface area contributed by atoms with E-state index in [1.54, 1.807) is 13.0 Å². The molecule has 2 saturated carbocycles. The van der Waals surface area contributed by atoms with Gasteiger partial charge in [-0.1, -0.05) is 0 Å². The number of hydrogen-bond acceptors (Lipinski definition) is 2. The number of benzene rings is 2. The van der Waals surface area contributed by atoms with Gasteiger partial charge in [0.05, 0.1) is 11.4 Å². The predicted molar refractivity (Wildman–Crippen MR) is 125 cm³/mol. The molecule has 1 N–H and O–H groups in total. The minimum Gasteiger partial charge on any atom is -0.481 e. The molecule has 2 aliphatic carbocycles. The maximum absolute atomic E-state index is 14.5. The largest absolute Gasteiger partial charge is 0.481 e. The minimum absolute atomic E-state index is 0.120. The Morgan fingerprint density at radius 3 is 2.44 bits per heavy atom. The molecule has 1 saturated heterocycles. The molecular weight excluding hydrogens is 436 g/mol. The van der Waals surface area contributed by atoms with E-state index in [2.05, 4.69) is 4.57 Å². The van der Waals surface area contributed by atoms with E-state index in [1.165, 1.54) is 23.4 Å². The molecule has 6 rings (SSSR count). The van der Waals surface area contributed by atoms with Gasteiger partial charge < -0.3 is 14.4 Å². The third-order valence-electron chi connectivity index (χ3n) is 8.49. The number of ether oxygens (including phenoxy) is 1. The van der Waals surface area contributed by atoms with Gasteiger partial charge in [-0.2, -0.15) is 0 Å². The van der Waals surface area contributed by atoms with E-state index in [4.69, 9.17) is 4.74 Å². The lowest BCUT2D eigenvalue weighted by Gasteiger charge is -2.57. The summed E-state index contributed by atoms with van der Waals surface area (Å²) >= 11 is 0. The summed E-state index contributed by atoms with van der Waals surface area (Å²) in [5.41, 5.74) is 4.94. The first kappa shape index (κ1) is 21.8. The second-order valence-electron chi connectivity index (χ2n) is 10.7. The number of halogens is 2. The first-order valence-corrected chi connectivity index (χ1v) is 12.3. The number of hydrogen-bond donors (Lipinski definition) is 1. The summed E-state index contributed by atoms with van der Waals surface area (Å²) in [5.74, 6) is -0.866. The zero-order valence-corrected chi connectivity index (χ0v) is 19.3. The van der Waals surface area contributed by atoms with Gasteiger partial charge in [0.2, 0.25) is 0 Å². The van der Waals surface area contributed by atoms with Gasteiger partial charge in [-0.15, -0.1) is 0 Å². The molecule has 3 aliphatic rings. The molecule has 3 fully saturated rings. The number of aryl methyl sites for hydroxylation is 1. The third kappa shape index (κ3) is 3.37. The quantitative estimate of drug-likeness (QED) is 0.480. The Morgan fingerprint density at radius 1 is 1.03 bits per heavy atom. The highest BCUT2D eigenvalue weighted by atomic mass is 19.1. The molecule has 6 heteroatoms. The Bertz CT molecular complexity index is 1280. The van der Waals surface area contributed by atoms with Gasteiger partial charge in [0.15, 0.2) is 0 Å². The summed E-state index contributed by atoms with van der Waals surface area (Å²) in [6.45, 7) is 3.15. The van der Waals surface area contributed by atoms with E-state index in [9.17, 15) is 18.7 Å². The molecule has 1 spiro atoms. The maximum Gasteiger partial charge on any atom is 0.306 e. The van der Waals surface area contributed by atoms with E-state index < -0.39 is 5.97 Å². The molecule has 0 bridgehead atoms. The molecule has 2 heterocycles. The van der Waals surface area contributed by atoms with Crippen molar-refractivity contribution >= 4 is 16.9 Å². The summed E-state index contributed by atoms with van der Waals surface area (Å²) in [7, 11) is 0. The van der Waals surface area contributed by atoms with Gasteiger partial charge in [-0.05, 0) is 104 Å². The van der Waals surface area contributed by atoms with Crippen LogP contribution < -0.4 is 0 Å². The Morgan fingerprint density at radius 2 is 1.76 bits per heavy atom. The predicted octanol–water partition coefficient (Wildman–Crippen LogP) is 6.47. The fourth-order valence-corrected chi connectivity index (χ4v) is 6.84. The van der Waals surface area contributed by atoms with Crippen LogP contribution in [0.1, 0.15) is 67.2 Å². The zero-order chi connectivity index (χ0) is 23.6. The summed E-state index contributed by atoms with van der Waals surface area (Å²) in [6.07, 6.45) is 5.18. The van der Waals surface area contributed by atoms with Crippen molar-refractivity contribution in [3.8, 4) is 5.69 Å². The zero-order valence-electron chi connectivity index (χ0n) is 19.3. The second-order valence-corrected chi connectivity index (χ2v) is 10.7. The standard InChI is InChI=1S/C28H29F2NO3/c1-16-10-21(3-4-23(16)30)31-24-5-2-20(29)11-22(24)25(26(31)17-6-8-34-9-7-17)18-12-28(13-18)14-19(15-28)27(32)33/h2-5,10-11,17-19H,6-9,12-15H2,1H3,(H,32,33). The van der Waals surface area contributed by atoms with Crippen LogP contribution in [0.5, 0.6) is 0 Å². The fourth-order valence-electron chi connectivity index (χ4n) is 6.84. The van der Waals surface area contributed by atoms with Crippen molar-refractivity contribution in [1.82, 2.24) is 4.57 Å². The Hall–Kier alpha value is -2.73. The molecule has 0 amide bonds. The van der Waals surface area contributed by atoms with Crippen molar-refractivity contribution in [1.29, 1.82) is 0 Å². The average Bonchev–Trinajstić information content (AvgIpc) is 3.08. The Labute approximate surface area is 197 Å². The number of aliphatic carboxylic acids is 1. The number of carboxylic acids is 1. The van der Waals surface area contributed by atoms with Crippen LogP contribution in [0, 0.1) is 29.9 Å². The van der Waals surface area contributed by atoms with E-state index >= 15 is 0 Å². The molecule has 2 aromatic carbocycles. The second kappa shape index (κ2) is 7.91. The van der Waals surface area contributed by atoms with Gasteiger partial charge in [-0.3, -0.25) is 4.79 Å². The summed E-state index contributed by atoms with van der Waals surface area (Å²) in [4.78, 5) is 11.4. The monoisotopic (exact) mass is 465 g/mol. The van der Waals surface area contributed by atoms with E-state index in [0.29, 0.717) is 18.8 Å². The molecule has 1 aromatic heterocycles. The Kier molecular flexibility index (Phi) is 5.07. The Balaban J connectivity index is 1.50. The number of carbonyl (C=O) groups is 1. The lowest BCUT2D eigenvalue weighted by Crippen LogP contribution is -2.49. The number of nitrogens with zero attached hydrogens (tertiary/aromatic N) is 1. The van der Waals surface area contributed by atoms with Crippen molar-refractivity contribution in [2.75, 3.05) is 13.2 Å². The highest BCUT2D eigenvalue weighted by Gasteiger charge is 2.56. The van der Waals surface area contributed by atoms with Gasteiger partial charge in [0.25, 0.3) is 0 Å². The van der Waals surface area contributed by atoms with Crippen LogP contribution >= 0.6 is 0 Å². The summed E-state index contributed by atoms with van der Waals surface area (Å²) < 4.78 is 36.5. The molecular formula is C28H29F2NO3. The smallest absolute Gasteiger partial charge is 0.306 e. The highest BCUT2D eigenvalue weighted by Crippen LogP contribution is 2.65.